The summed E-state index contributed by atoms with van der Waals surface area (Å²) in [5.74, 6) is 0.385. The Hall–Kier alpha value is -1.39. The van der Waals surface area contributed by atoms with Crippen LogP contribution in [0.5, 0.6) is 11.5 Å². The van der Waals surface area contributed by atoms with Gasteiger partial charge < -0.3 is 10.2 Å². The van der Waals surface area contributed by atoms with Crippen molar-refractivity contribution >= 4 is 0 Å². The Morgan fingerprint density at radius 2 is 1.29 bits per heavy atom. The summed E-state index contributed by atoms with van der Waals surface area (Å²) in [5.41, 5.74) is 2.68. The Bertz CT molecular complexity index is 464. The third-order valence-corrected chi connectivity index (χ3v) is 4.00. The molecule has 0 bridgehead atoms. The maximum atomic E-state index is 12.0. The van der Waals surface area contributed by atoms with Crippen LogP contribution >= 0.6 is 0 Å². The van der Waals surface area contributed by atoms with Crippen LogP contribution in [0.4, 0.5) is 13.2 Å². The van der Waals surface area contributed by atoms with Crippen molar-refractivity contribution in [3.8, 4) is 11.5 Å². The van der Waals surface area contributed by atoms with Crippen LogP contribution in [0.1, 0.15) is 54.4 Å². The first kappa shape index (κ1) is 17.7. The molecule has 5 heteroatoms. The van der Waals surface area contributed by atoms with Gasteiger partial charge in [0.05, 0.1) is 0 Å². The lowest BCUT2D eigenvalue weighted by Gasteiger charge is -2.15. The molecule has 0 amide bonds. The minimum Gasteiger partial charge on any atom is -0.507 e. The van der Waals surface area contributed by atoms with Crippen LogP contribution in [0.2, 0.25) is 0 Å². The topological polar surface area (TPSA) is 40.5 Å². The van der Waals surface area contributed by atoms with Crippen molar-refractivity contribution in [1.29, 1.82) is 0 Å². The second-order valence-corrected chi connectivity index (χ2v) is 5.58. The number of phenols is 2. The molecule has 0 spiro atoms. The first-order valence-electron chi connectivity index (χ1n) is 7.22. The van der Waals surface area contributed by atoms with Crippen molar-refractivity contribution in [2.45, 2.75) is 65.5 Å². The second-order valence-electron chi connectivity index (χ2n) is 5.58. The van der Waals surface area contributed by atoms with Gasteiger partial charge in [-0.1, -0.05) is 12.8 Å². The molecule has 1 aromatic rings. The van der Waals surface area contributed by atoms with Crippen LogP contribution in [-0.2, 0) is 6.42 Å². The molecular weight excluding hydrogens is 281 g/mol. The van der Waals surface area contributed by atoms with Gasteiger partial charge in [0.2, 0.25) is 0 Å². The van der Waals surface area contributed by atoms with Crippen molar-refractivity contribution in [3.05, 3.63) is 22.3 Å². The van der Waals surface area contributed by atoms with E-state index >= 15 is 0 Å². The van der Waals surface area contributed by atoms with Crippen molar-refractivity contribution < 1.29 is 23.4 Å². The summed E-state index contributed by atoms with van der Waals surface area (Å²) in [7, 11) is 0. The normalized spacial score (nSPS) is 11.9. The molecule has 0 aliphatic heterocycles. The molecule has 0 aliphatic rings. The van der Waals surface area contributed by atoms with E-state index in [4.69, 9.17) is 0 Å². The van der Waals surface area contributed by atoms with Crippen LogP contribution in [0.3, 0.4) is 0 Å². The Morgan fingerprint density at radius 1 is 0.762 bits per heavy atom. The minimum atomic E-state index is -4.07. The van der Waals surface area contributed by atoms with Gasteiger partial charge in [0.15, 0.2) is 0 Å². The molecule has 0 heterocycles. The quantitative estimate of drug-likeness (QED) is 0.568. The van der Waals surface area contributed by atoms with E-state index in [2.05, 4.69) is 0 Å². The van der Waals surface area contributed by atoms with Gasteiger partial charge in [-0.15, -0.1) is 0 Å². The fourth-order valence-corrected chi connectivity index (χ4v) is 2.47. The van der Waals surface area contributed by atoms with E-state index in [0.29, 0.717) is 47.9 Å². The molecule has 0 saturated carbocycles. The predicted molar refractivity (Wildman–Crippen MR) is 76.8 cm³/mol. The maximum absolute atomic E-state index is 12.0. The fraction of sp³-hybridized carbons (Fsp3) is 0.625. The summed E-state index contributed by atoms with van der Waals surface area (Å²) in [5, 5.41) is 20.1. The largest absolute Gasteiger partial charge is 0.507 e. The van der Waals surface area contributed by atoms with E-state index in [0.717, 1.165) is 0 Å². The van der Waals surface area contributed by atoms with Crippen molar-refractivity contribution in [2.75, 3.05) is 0 Å². The molecule has 0 fully saturated rings. The molecule has 120 valence electrons. The first-order chi connectivity index (χ1) is 9.65. The molecule has 0 unspecified atom stereocenters. The van der Waals surface area contributed by atoms with Crippen LogP contribution in [-0.4, -0.2) is 16.4 Å². The zero-order valence-electron chi connectivity index (χ0n) is 12.8. The number of alkyl halides is 3. The average Bonchev–Trinajstić information content (AvgIpc) is 2.40. The highest BCUT2D eigenvalue weighted by molar-refractivity contribution is 5.56. The molecule has 2 N–H and O–H groups in total. The van der Waals surface area contributed by atoms with Crippen LogP contribution in [0.25, 0.3) is 0 Å². The Kier molecular flexibility index (Phi) is 5.93. The average molecular weight is 304 g/mol. The van der Waals surface area contributed by atoms with Crippen molar-refractivity contribution in [1.82, 2.24) is 0 Å². The molecule has 1 rings (SSSR count). The molecule has 0 saturated heterocycles. The summed E-state index contributed by atoms with van der Waals surface area (Å²) in [6.45, 7) is 5.25. The predicted octanol–water partition coefficient (Wildman–Crippen LogP) is 5.08. The summed E-state index contributed by atoms with van der Waals surface area (Å²) in [6, 6.07) is 0. The molecule has 0 atom stereocenters. The molecule has 0 radical (unpaired) electrons. The molecule has 21 heavy (non-hydrogen) atoms. The number of unbranched alkanes of at least 4 members (excludes halogenated alkanes) is 3. The zero-order chi connectivity index (χ0) is 16.2. The molecule has 1 aromatic carbocycles. The van der Waals surface area contributed by atoms with E-state index < -0.39 is 12.6 Å². The molecule has 0 aliphatic carbocycles. The first-order valence-corrected chi connectivity index (χ1v) is 7.22. The molecule has 0 aromatic heterocycles. The second kappa shape index (κ2) is 7.05. The number of hydrogen-bond donors (Lipinski definition) is 2. The smallest absolute Gasteiger partial charge is 0.389 e. The third kappa shape index (κ3) is 4.83. The number of aromatic hydroxyl groups is 2. The SMILES string of the molecule is Cc1c(C)c(O)c(CCCCCCC(F)(F)F)c(C)c1O. The van der Waals surface area contributed by atoms with E-state index in [-0.39, 0.29) is 17.9 Å². The van der Waals surface area contributed by atoms with Crippen LogP contribution in [0, 0.1) is 20.8 Å². The highest BCUT2D eigenvalue weighted by Crippen LogP contribution is 2.37. The van der Waals surface area contributed by atoms with Crippen molar-refractivity contribution in [2.24, 2.45) is 0 Å². The van der Waals surface area contributed by atoms with Gasteiger partial charge in [0.25, 0.3) is 0 Å². The monoisotopic (exact) mass is 304 g/mol. The van der Waals surface area contributed by atoms with Crippen LogP contribution in [0.15, 0.2) is 0 Å². The van der Waals surface area contributed by atoms with Gasteiger partial charge in [0, 0.05) is 12.0 Å². The van der Waals surface area contributed by atoms with E-state index in [1.165, 1.54) is 0 Å². The highest BCUT2D eigenvalue weighted by atomic mass is 19.4. The van der Waals surface area contributed by atoms with E-state index in [1.54, 1.807) is 20.8 Å². The minimum absolute atomic E-state index is 0.145. The number of phenolic OH excluding ortho intramolecular Hbond substituents is 2. The lowest BCUT2D eigenvalue weighted by molar-refractivity contribution is -0.135. The number of halogens is 3. The van der Waals surface area contributed by atoms with Gasteiger partial charge in [-0.2, -0.15) is 13.2 Å². The molecular formula is C16H23F3O2. The lowest BCUT2D eigenvalue weighted by Crippen LogP contribution is -2.06. The third-order valence-electron chi connectivity index (χ3n) is 4.00. The standard InChI is InChI=1S/C16H23F3O2/c1-10-11(2)15(21)13(12(3)14(10)20)8-6-4-5-7-9-16(17,18)19/h20-21H,4-9H2,1-3H3. The van der Waals surface area contributed by atoms with E-state index in [9.17, 15) is 23.4 Å². The lowest BCUT2D eigenvalue weighted by atomic mass is 9.94. The highest BCUT2D eigenvalue weighted by Gasteiger charge is 2.25. The van der Waals surface area contributed by atoms with Gasteiger partial charge in [-0.05, 0) is 56.7 Å². The summed E-state index contributed by atoms with van der Waals surface area (Å²) in [4.78, 5) is 0. The van der Waals surface area contributed by atoms with Crippen LogP contribution < -0.4 is 0 Å². The Balaban J connectivity index is 2.54. The summed E-state index contributed by atoms with van der Waals surface area (Å²) >= 11 is 0. The number of benzene rings is 1. The summed E-state index contributed by atoms with van der Waals surface area (Å²) in [6.07, 6.45) is -2.19. The Morgan fingerprint density at radius 3 is 1.86 bits per heavy atom. The maximum Gasteiger partial charge on any atom is 0.389 e. The van der Waals surface area contributed by atoms with Gasteiger partial charge in [-0.3, -0.25) is 0 Å². The number of hydrogen-bond acceptors (Lipinski definition) is 2. The zero-order valence-corrected chi connectivity index (χ0v) is 12.8. The van der Waals surface area contributed by atoms with Gasteiger partial charge in [-0.25, -0.2) is 0 Å². The fourth-order valence-electron chi connectivity index (χ4n) is 2.47. The van der Waals surface area contributed by atoms with E-state index in [1.807, 2.05) is 0 Å². The molecule has 2 nitrogen and oxygen atoms in total. The number of rotatable bonds is 6. The van der Waals surface area contributed by atoms with Gasteiger partial charge >= 0.3 is 6.18 Å². The summed E-state index contributed by atoms with van der Waals surface area (Å²) < 4.78 is 36.0. The van der Waals surface area contributed by atoms with Crippen molar-refractivity contribution in [3.63, 3.8) is 0 Å². The Labute approximate surface area is 123 Å². The van der Waals surface area contributed by atoms with Gasteiger partial charge in [0.1, 0.15) is 11.5 Å².